The van der Waals surface area contributed by atoms with Crippen molar-refractivity contribution in [1.82, 2.24) is 10.3 Å². The van der Waals surface area contributed by atoms with Gasteiger partial charge in [0, 0.05) is 11.8 Å². The Hall–Kier alpha value is -1.81. The molecule has 102 valence electrons. The second-order valence-corrected chi connectivity index (χ2v) is 4.47. The van der Waals surface area contributed by atoms with Gasteiger partial charge >= 0.3 is 0 Å². The summed E-state index contributed by atoms with van der Waals surface area (Å²) in [7, 11) is 1.66. The maximum absolute atomic E-state index is 5.41. The number of ether oxygens (including phenoxy) is 1. The summed E-state index contributed by atoms with van der Waals surface area (Å²) < 4.78 is 10.8. The molecule has 2 aromatic rings. The smallest absolute Gasteiger partial charge is 0.142 e. The Balaban J connectivity index is 2.36. The Morgan fingerprint density at radius 3 is 2.95 bits per heavy atom. The van der Waals surface area contributed by atoms with Crippen molar-refractivity contribution in [2.75, 3.05) is 13.7 Å². The van der Waals surface area contributed by atoms with Crippen molar-refractivity contribution in [1.29, 1.82) is 0 Å². The number of aryl methyl sites for hydroxylation is 1. The van der Waals surface area contributed by atoms with Crippen molar-refractivity contribution in [2.45, 2.75) is 26.3 Å². The lowest BCUT2D eigenvalue weighted by atomic mass is 10.0. The molecule has 2 heterocycles. The van der Waals surface area contributed by atoms with Gasteiger partial charge in [0.15, 0.2) is 0 Å². The number of aromatic nitrogens is 1. The summed E-state index contributed by atoms with van der Waals surface area (Å²) in [5.74, 6) is 1.68. The standard InChI is InChI=1S/C15H20N2O2/c1-4-7-16-14(12-9-11(2)19-10-12)15-13(18-3)6-5-8-17-15/h5-6,8-10,14,16H,4,7H2,1-3H3. The van der Waals surface area contributed by atoms with Gasteiger partial charge in [0.25, 0.3) is 0 Å². The zero-order valence-electron chi connectivity index (χ0n) is 11.6. The first-order valence-corrected chi connectivity index (χ1v) is 6.53. The lowest BCUT2D eigenvalue weighted by Crippen LogP contribution is -2.24. The van der Waals surface area contributed by atoms with Crippen molar-refractivity contribution in [2.24, 2.45) is 0 Å². The molecule has 0 saturated heterocycles. The zero-order valence-corrected chi connectivity index (χ0v) is 11.6. The Kier molecular flexibility index (Phi) is 4.58. The van der Waals surface area contributed by atoms with Crippen LogP contribution in [0.15, 0.2) is 35.1 Å². The van der Waals surface area contributed by atoms with Gasteiger partial charge in [-0.05, 0) is 38.1 Å². The van der Waals surface area contributed by atoms with Crippen LogP contribution in [0.3, 0.4) is 0 Å². The van der Waals surface area contributed by atoms with Crippen molar-refractivity contribution in [3.63, 3.8) is 0 Å². The van der Waals surface area contributed by atoms with E-state index in [1.807, 2.05) is 25.1 Å². The molecule has 2 aromatic heterocycles. The minimum Gasteiger partial charge on any atom is -0.495 e. The summed E-state index contributed by atoms with van der Waals surface area (Å²) in [5.41, 5.74) is 1.96. The molecule has 0 bridgehead atoms. The number of hydrogen-bond acceptors (Lipinski definition) is 4. The van der Waals surface area contributed by atoms with E-state index in [0.29, 0.717) is 0 Å². The number of furan rings is 1. The van der Waals surface area contributed by atoms with Crippen LogP contribution in [0, 0.1) is 6.92 Å². The molecule has 2 rings (SSSR count). The molecule has 1 N–H and O–H groups in total. The highest BCUT2D eigenvalue weighted by molar-refractivity contribution is 5.36. The van der Waals surface area contributed by atoms with Crippen LogP contribution in [-0.2, 0) is 0 Å². The minimum absolute atomic E-state index is 0.00597. The van der Waals surface area contributed by atoms with E-state index < -0.39 is 0 Å². The van der Waals surface area contributed by atoms with E-state index in [2.05, 4.69) is 17.2 Å². The molecular formula is C15H20N2O2. The van der Waals surface area contributed by atoms with Crippen molar-refractivity contribution in [3.05, 3.63) is 47.7 Å². The van der Waals surface area contributed by atoms with Crippen molar-refractivity contribution < 1.29 is 9.15 Å². The summed E-state index contributed by atoms with van der Waals surface area (Å²) >= 11 is 0. The molecule has 0 aliphatic rings. The van der Waals surface area contributed by atoms with Crippen LogP contribution in [0.2, 0.25) is 0 Å². The SMILES string of the molecule is CCCNC(c1coc(C)c1)c1ncccc1OC. The molecule has 4 heteroatoms. The highest BCUT2D eigenvalue weighted by atomic mass is 16.5. The van der Waals surface area contributed by atoms with Gasteiger partial charge in [-0.25, -0.2) is 0 Å². The number of nitrogens with one attached hydrogen (secondary N) is 1. The first-order valence-electron chi connectivity index (χ1n) is 6.53. The Morgan fingerprint density at radius 2 is 2.32 bits per heavy atom. The van der Waals surface area contributed by atoms with Gasteiger partial charge in [-0.15, -0.1) is 0 Å². The van der Waals surface area contributed by atoms with Gasteiger partial charge in [0.1, 0.15) is 17.2 Å². The number of rotatable bonds is 6. The third-order valence-electron chi connectivity index (χ3n) is 2.98. The summed E-state index contributed by atoms with van der Waals surface area (Å²) in [4.78, 5) is 4.46. The van der Waals surface area contributed by atoms with Crippen LogP contribution in [0.25, 0.3) is 0 Å². The number of methoxy groups -OCH3 is 1. The Morgan fingerprint density at radius 1 is 1.47 bits per heavy atom. The van der Waals surface area contributed by atoms with Gasteiger partial charge < -0.3 is 14.5 Å². The summed E-state index contributed by atoms with van der Waals surface area (Å²) in [6.07, 6.45) is 4.62. The number of pyridine rings is 1. The van der Waals surface area contributed by atoms with Crippen LogP contribution in [0.5, 0.6) is 5.75 Å². The van der Waals surface area contributed by atoms with E-state index in [4.69, 9.17) is 9.15 Å². The Labute approximate surface area is 113 Å². The number of hydrogen-bond donors (Lipinski definition) is 1. The fraction of sp³-hybridized carbons (Fsp3) is 0.400. The molecule has 4 nitrogen and oxygen atoms in total. The largest absolute Gasteiger partial charge is 0.495 e. The van der Waals surface area contributed by atoms with Gasteiger partial charge in [0.2, 0.25) is 0 Å². The monoisotopic (exact) mass is 260 g/mol. The van der Waals surface area contributed by atoms with E-state index >= 15 is 0 Å². The molecule has 0 aromatic carbocycles. The molecule has 0 amide bonds. The second-order valence-electron chi connectivity index (χ2n) is 4.47. The molecule has 19 heavy (non-hydrogen) atoms. The van der Waals surface area contributed by atoms with Crippen LogP contribution in [0.4, 0.5) is 0 Å². The lowest BCUT2D eigenvalue weighted by molar-refractivity contribution is 0.399. The van der Waals surface area contributed by atoms with Crippen LogP contribution in [-0.4, -0.2) is 18.6 Å². The second kappa shape index (κ2) is 6.38. The fourth-order valence-corrected chi connectivity index (χ4v) is 2.07. The molecule has 0 aliphatic carbocycles. The summed E-state index contributed by atoms with van der Waals surface area (Å²) in [6.45, 7) is 4.99. The molecule has 0 aliphatic heterocycles. The highest BCUT2D eigenvalue weighted by Gasteiger charge is 2.20. The third-order valence-corrected chi connectivity index (χ3v) is 2.98. The van der Waals surface area contributed by atoms with Gasteiger partial charge in [-0.3, -0.25) is 4.98 Å². The molecule has 0 fully saturated rings. The lowest BCUT2D eigenvalue weighted by Gasteiger charge is -2.18. The van der Waals surface area contributed by atoms with Crippen molar-refractivity contribution in [3.8, 4) is 5.75 Å². The van der Waals surface area contributed by atoms with Gasteiger partial charge in [-0.1, -0.05) is 6.92 Å². The maximum Gasteiger partial charge on any atom is 0.142 e. The van der Waals surface area contributed by atoms with Gasteiger partial charge in [-0.2, -0.15) is 0 Å². The van der Waals surface area contributed by atoms with E-state index in [9.17, 15) is 0 Å². The zero-order chi connectivity index (χ0) is 13.7. The summed E-state index contributed by atoms with van der Waals surface area (Å²) in [5, 5.41) is 3.49. The van der Waals surface area contributed by atoms with E-state index in [1.54, 1.807) is 19.6 Å². The molecule has 0 saturated carbocycles. The van der Waals surface area contributed by atoms with Crippen LogP contribution >= 0.6 is 0 Å². The normalized spacial score (nSPS) is 12.4. The van der Waals surface area contributed by atoms with E-state index in [0.717, 1.165) is 35.7 Å². The molecule has 0 radical (unpaired) electrons. The quantitative estimate of drug-likeness (QED) is 0.867. The predicted octanol–water partition coefficient (Wildman–Crippen LogP) is 3.08. The molecule has 1 atom stereocenters. The van der Waals surface area contributed by atoms with Crippen molar-refractivity contribution >= 4 is 0 Å². The predicted molar refractivity (Wildman–Crippen MR) is 74.4 cm³/mol. The molecule has 1 unspecified atom stereocenters. The first kappa shape index (κ1) is 13.6. The van der Waals surface area contributed by atoms with Gasteiger partial charge in [0.05, 0.1) is 19.4 Å². The minimum atomic E-state index is -0.00597. The first-order chi connectivity index (χ1) is 9.26. The van der Waals surface area contributed by atoms with E-state index in [1.165, 1.54) is 0 Å². The average Bonchev–Trinajstić information content (AvgIpc) is 2.86. The van der Waals surface area contributed by atoms with E-state index in [-0.39, 0.29) is 6.04 Å². The Bertz CT molecular complexity index is 522. The average molecular weight is 260 g/mol. The molecular weight excluding hydrogens is 240 g/mol. The fourth-order valence-electron chi connectivity index (χ4n) is 2.07. The molecule has 0 spiro atoms. The maximum atomic E-state index is 5.41. The third kappa shape index (κ3) is 3.15. The van der Waals surface area contributed by atoms with Crippen LogP contribution < -0.4 is 10.1 Å². The topological polar surface area (TPSA) is 47.3 Å². The summed E-state index contributed by atoms with van der Waals surface area (Å²) in [6, 6.07) is 5.82. The van der Waals surface area contributed by atoms with Crippen LogP contribution in [0.1, 0.15) is 36.4 Å². The highest BCUT2D eigenvalue weighted by Crippen LogP contribution is 2.28. The number of nitrogens with zero attached hydrogens (tertiary/aromatic N) is 1.